The molecule has 0 N–H and O–H groups in total. The first-order valence-electron chi connectivity index (χ1n) is 9.99. The maximum atomic E-state index is 13.3. The Bertz CT molecular complexity index is 747. The number of benzene rings is 1. The molecule has 0 bridgehead atoms. The molecule has 3 amide bonds. The minimum atomic E-state index is -0.322. The topological polar surface area (TPSA) is 70.2 Å². The largest absolute Gasteiger partial charge is 0.375 e. The molecule has 2 saturated heterocycles. The van der Waals surface area contributed by atoms with Crippen LogP contribution in [0.1, 0.15) is 31.4 Å². The summed E-state index contributed by atoms with van der Waals surface area (Å²) in [6.45, 7) is 3.90. The standard InChI is InChI=1S/C21H28FN3O4/c1-15(26)23-9-11-24(12-10-23)21(28)17-5-8-19(16-3-6-18(22)7-4-16)25(13-17)20(27)14-29-2/h3-4,6-7,17,19H,5,8-14H2,1-2H3. The molecule has 0 aromatic heterocycles. The highest BCUT2D eigenvalue weighted by molar-refractivity contribution is 5.82. The van der Waals surface area contributed by atoms with Gasteiger partial charge in [-0.2, -0.15) is 0 Å². The van der Waals surface area contributed by atoms with Gasteiger partial charge in [0.1, 0.15) is 12.4 Å². The van der Waals surface area contributed by atoms with E-state index in [0.717, 1.165) is 5.56 Å². The monoisotopic (exact) mass is 405 g/mol. The van der Waals surface area contributed by atoms with E-state index in [4.69, 9.17) is 4.74 Å². The number of hydrogen-bond donors (Lipinski definition) is 0. The first-order valence-corrected chi connectivity index (χ1v) is 9.99. The Kier molecular flexibility index (Phi) is 6.84. The normalized spacial score (nSPS) is 22.5. The zero-order chi connectivity index (χ0) is 21.0. The third-order valence-corrected chi connectivity index (χ3v) is 5.81. The van der Waals surface area contributed by atoms with Gasteiger partial charge in [0.05, 0.1) is 12.0 Å². The highest BCUT2D eigenvalue weighted by Gasteiger charge is 2.37. The Morgan fingerprint density at radius 2 is 1.66 bits per heavy atom. The van der Waals surface area contributed by atoms with E-state index in [1.54, 1.807) is 26.8 Å². The number of carbonyl (C=O) groups is 3. The summed E-state index contributed by atoms with van der Waals surface area (Å²) in [5.41, 5.74) is 0.858. The van der Waals surface area contributed by atoms with Gasteiger partial charge in [-0.1, -0.05) is 12.1 Å². The molecular weight excluding hydrogens is 377 g/mol. The van der Waals surface area contributed by atoms with Crippen molar-refractivity contribution in [3.63, 3.8) is 0 Å². The molecule has 2 fully saturated rings. The number of likely N-dealkylation sites (tertiary alicyclic amines) is 1. The van der Waals surface area contributed by atoms with Gasteiger partial charge < -0.3 is 19.4 Å². The Labute approximate surface area is 170 Å². The van der Waals surface area contributed by atoms with Crippen molar-refractivity contribution >= 4 is 17.7 Å². The van der Waals surface area contributed by atoms with Gasteiger partial charge in [0.2, 0.25) is 17.7 Å². The summed E-state index contributed by atoms with van der Waals surface area (Å²) >= 11 is 0. The molecule has 0 radical (unpaired) electrons. The third-order valence-electron chi connectivity index (χ3n) is 5.81. The number of piperazine rings is 1. The molecule has 7 nitrogen and oxygen atoms in total. The van der Waals surface area contributed by atoms with Crippen LogP contribution >= 0.6 is 0 Å². The third kappa shape index (κ3) is 4.93. The summed E-state index contributed by atoms with van der Waals surface area (Å²) in [6.07, 6.45) is 1.29. The fourth-order valence-electron chi connectivity index (χ4n) is 4.19. The van der Waals surface area contributed by atoms with Crippen LogP contribution in [0, 0.1) is 11.7 Å². The minimum absolute atomic E-state index is 0.0215. The van der Waals surface area contributed by atoms with Crippen LogP contribution in [0.25, 0.3) is 0 Å². The van der Waals surface area contributed by atoms with Crippen molar-refractivity contribution in [2.45, 2.75) is 25.8 Å². The predicted molar refractivity (Wildman–Crippen MR) is 104 cm³/mol. The highest BCUT2D eigenvalue weighted by atomic mass is 19.1. The van der Waals surface area contributed by atoms with Crippen LogP contribution in [0.5, 0.6) is 0 Å². The van der Waals surface area contributed by atoms with E-state index < -0.39 is 0 Å². The zero-order valence-electron chi connectivity index (χ0n) is 17.0. The second-order valence-electron chi connectivity index (χ2n) is 7.65. The molecule has 8 heteroatoms. The van der Waals surface area contributed by atoms with Gasteiger partial charge in [0, 0.05) is 46.8 Å². The lowest BCUT2D eigenvalue weighted by atomic mass is 9.88. The van der Waals surface area contributed by atoms with Crippen LogP contribution in [-0.2, 0) is 19.1 Å². The zero-order valence-corrected chi connectivity index (χ0v) is 17.0. The van der Waals surface area contributed by atoms with Gasteiger partial charge in [-0.3, -0.25) is 14.4 Å². The first kappa shape index (κ1) is 21.2. The van der Waals surface area contributed by atoms with Crippen molar-refractivity contribution in [2.24, 2.45) is 5.92 Å². The van der Waals surface area contributed by atoms with E-state index in [2.05, 4.69) is 0 Å². The molecule has 1 aromatic rings. The summed E-state index contributed by atoms with van der Waals surface area (Å²) in [6, 6.07) is 5.96. The van der Waals surface area contributed by atoms with Gasteiger partial charge in [-0.05, 0) is 30.5 Å². The molecule has 0 spiro atoms. The van der Waals surface area contributed by atoms with Crippen LogP contribution in [0.2, 0.25) is 0 Å². The predicted octanol–water partition coefficient (Wildman–Crippen LogP) is 1.44. The molecule has 2 unspecified atom stereocenters. The van der Waals surface area contributed by atoms with Crippen LogP contribution < -0.4 is 0 Å². The molecule has 1 aromatic carbocycles. The number of methoxy groups -OCH3 is 1. The number of piperidine rings is 1. The Morgan fingerprint density at radius 3 is 2.24 bits per heavy atom. The van der Waals surface area contributed by atoms with E-state index >= 15 is 0 Å². The van der Waals surface area contributed by atoms with Crippen LogP contribution in [0.3, 0.4) is 0 Å². The fraction of sp³-hybridized carbons (Fsp3) is 0.571. The second-order valence-corrected chi connectivity index (χ2v) is 7.65. The van der Waals surface area contributed by atoms with Crippen LogP contribution in [0.4, 0.5) is 4.39 Å². The molecular formula is C21H28FN3O4. The van der Waals surface area contributed by atoms with Crippen molar-refractivity contribution in [2.75, 3.05) is 46.4 Å². The van der Waals surface area contributed by atoms with Gasteiger partial charge in [-0.25, -0.2) is 4.39 Å². The first-order chi connectivity index (χ1) is 13.9. The summed E-state index contributed by atoms with van der Waals surface area (Å²) in [4.78, 5) is 42.4. The molecule has 158 valence electrons. The molecule has 2 aliphatic rings. The van der Waals surface area contributed by atoms with Crippen LogP contribution in [0.15, 0.2) is 24.3 Å². The molecule has 2 aliphatic heterocycles. The molecule has 29 heavy (non-hydrogen) atoms. The lowest BCUT2D eigenvalue weighted by Crippen LogP contribution is -2.54. The van der Waals surface area contributed by atoms with E-state index in [1.165, 1.54) is 26.2 Å². The van der Waals surface area contributed by atoms with E-state index in [9.17, 15) is 18.8 Å². The number of carbonyl (C=O) groups excluding carboxylic acids is 3. The van der Waals surface area contributed by atoms with Crippen molar-refractivity contribution in [3.8, 4) is 0 Å². The Balaban J connectivity index is 1.70. The second kappa shape index (κ2) is 9.35. The fourth-order valence-corrected chi connectivity index (χ4v) is 4.19. The van der Waals surface area contributed by atoms with Crippen molar-refractivity contribution in [1.82, 2.24) is 14.7 Å². The van der Waals surface area contributed by atoms with Crippen molar-refractivity contribution in [1.29, 1.82) is 0 Å². The number of amides is 3. The lowest BCUT2D eigenvalue weighted by Gasteiger charge is -2.42. The summed E-state index contributed by atoms with van der Waals surface area (Å²) < 4.78 is 18.3. The molecule has 0 aliphatic carbocycles. The summed E-state index contributed by atoms with van der Waals surface area (Å²) in [5, 5.41) is 0. The molecule has 3 rings (SSSR count). The SMILES string of the molecule is COCC(=O)N1CC(C(=O)N2CCN(C(C)=O)CC2)CCC1c1ccc(F)cc1. The summed E-state index contributed by atoms with van der Waals surface area (Å²) in [7, 11) is 1.46. The highest BCUT2D eigenvalue weighted by Crippen LogP contribution is 2.34. The van der Waals surface area contributed by atoms with Crippen LogP contribution in [-0.4, -0.2) is 78.9 Å². The maximum absolute atomic E-state index is 13.3. The maximum Gasteiger partial charge on any atom is 0.249 e. The average Bonchev–Trinajstić information content (AvgIpc) is 2.73. The molecule has 0 saturated carbocycles. The van der Waals surface area contributed by atoms with Crippen molar-refractivity contribution in [3.05, 3.63) is 35.6 Å². The van der Waals surface area contributed by atoms with E-state index in [1.807, 2.05) is 0 Å². The Hall–Kier alpha value is -2.48. The number of rotatable bonds is 4. The quantitative estimate of drug-likeness (QED) is 0.760. The summed E-state index contributed by atoms with van der Waals surface area (Å²) in [5.74, 6) is -0.733. The lowest BCUT2D eigenvalue weighted by molar-refractivity contribution is -0.148. The van der Waals surface area contributed by atoms with Gasteiger partial charge in [0.15, 0.2) is 0 Å². The smallest absolute Gasteiger partial charge is 0.249 e. The van der Waals surface area contributed by atoms with Gasteiger partial charge >= 0.3 is 0 Å². The molecule has 2 heterocycles. The van der Waals surface area contributed by atoms with Gasteiger partial charge in [-0.15, -0.1) is 0 Å². The minimum Gasteiger partial charge on any atom is -0.375 e. The average molecular weight is 405 g/mol. The van der Waals surface area contributed by atoms with E-state index in [0.29, 0.717) is 45.6 Å². The number of halogens is 1. The number of ether oxygens (including phenoxy) is 1. The Morgan fingerprint density at radius 1 is 1.03 bits per heavy atom. The molecule has 2 atom stereocenters. The van der Waals surface area contributed by atoms with Gasteiger partial charge in [0.25, 0.3) is 0 Å². The number of nitrogens with zero attached hydrogens (tertiary/aromatic N) is 3. The van der Waals surface area contributed by atoms with Crippen molar-refractivity contribution < 1.29 is 23.5 Å². The number of hydrogen-bond acceptors (Lipinski definition) is 4. The van der Waals surface area contributed by atoms with E-state index in [-0.39, 0.29) is 42.1 Å².